The third-order valence-corrected chi connectivity index (χ3v) is 3.36. The fraction of sp³-hybridized carbons (Fsp3) is 0.727. The molecule has 1 heterocycles. The van der Waals surface area contributed by atoms with Crippen LogP contribution in [0.4, 0.5) is 0 Å². The Morgan fingerprint density at radius 2 is 2.21 bits per heavy atom. The van der Waals surface area contributed by atoms with Gasteiger partial charge in [-0.15, -0.1) is 0 Å². The molecule has 2 amide bonds. The second-order valence-electron chi connectivity index (χ2n) is 4.29. The minimum Gasteiger partial charge on any atom is -0.454 e. The second-order valence-corrected chi connectivity index (χ2v) is 4.65. The summed E-state index contributed by atoms with van der Waals surface area (Å²) in [5.41, 5.74) is 4.91. The summed E-state index contributed by atoms with van der Waals surface area (Å²) in [4.78, 5) is 36.0. The fourth-order valence-corrected chi connectivity index (χ4v) is 2.35. The Kier molecular flexibility index (Phi) is 6.10. The molecule has 0 aromatic heterocycles. The van der Waals surface area contributed by atoms with Gasteiger partial charge in [-0.05, 0) is 19.9 Å². The van der Waals surface area contributed by atoms with E-state index in [4.69, 9.17) is 10.5 Å². The SMILES string of the molecule is CN[C@@H](CS)C(=O)N1CCC[C@H]1C(=O)OCC(N)=O. The zero-order valence-corrected chi connectivity index (χ0v) is 11.7. The number of primary amides is 1. The standard InChI is InChI=1S/C11H19N3O4S/c1-13-7(6-19)10(16)14-4-2-3-8(14)11(17)18-5-9(12)15/h7-8,13,19H,2-6H2,1H3,(H2,12,15)/t7-,8-/m0/s1. The van der Waals surface area contributed by atoms with Crippen LogP contribution in [0.5, 0.6) is 0 Å². The lowest BCUT2D eigenvalue weighted by Crippen LogP contribution is -2.50. The number of esters is 1. The maximum Gasteiger partial charge on any atom is 0.329 e. The summed E-state index contributed by atoms with van der Waals surface area (Å²) in [6.07, 6.45) is 1.26. The quantitative estimate of drug-likeness (QED) is 0.409. The van der Waals surface area contributed by atoms with Gasteiger partial charge in [-0.1, -0.05) is 0 Å². The van der Waals surface area contributed by atoms with Crippen LogP contribution in [0.25, 0.3) is 0 Å². The number of amides is 2. The van der Waals surface area contributed by atoms with E-state index in [-0.39, 0.29) is 5.91 Å². The predicted octanol–water partition coefficient (Wildman–Crippen LogP) is -1.48. The lowest BCUT2D eigenvalue weighted by molar-refractivity contribution is -0.155. The van der Waals surface area contributed by atoms with Crippen LogP contribution in [0.2, 0.25) is 0 Å². The second kappa shape index (κ2) is 7.34. The molecule has 3 N–H and O–H groups in total. The number of likely N-dealkylation sites (tertiary alicyclic amines) is 1. The largest absolute Gasteiger partial charge is 0.454 e. The van der Waals surface area contributed by atoms with Crippen LogP contribution >= 0.6 is 12.6 Å². The van der Waals surface area contributed by atoms with E-state index in [1.54, 1.807) is 7.05 Å². The van der Waals surface area contributed by atoms with Crippen molar-refractivity contribution in [2.24, 2.45) is 5.73 Å². The number of ether oxygens (including phenoxy) is 1. The van der Waals surface area contributed by atoms with Gasteiger partial charge in [-0.25, -0.2) is 4.79 Å². The Labute approximate surface area is 117 Å². The Morgan fingerprint density at radius 3 is 2.74 bits per heavy atom. The molecule has 0 unspecified atom stereocenters. The van der Waals surface area contributed by atoms with Gasteiger partial charge < -0.3 is 20.7 Å². The van der Waals surface area contributed by atoms with Crippen molar-refractivity contribution >= 4 is 30.4 Å². The van der Waals surface area contributed by atoms with Gasteiger partial charge in [0.25, 0.3) is 5.91 Å². The number of nitrogens with two attached hydrogens (primary N) is 1. The van der Waals surface area contributed by atoms with Gasteiger partial charge in [-0.3, -0.25) is 9.59 Å². The fourth-order valence-electron chi connectivity index (χ4n) is 2.01. The van der Waals surface area contributed by atoms with Crippen molar-refractivity contribution in [1.29, 1.82) is 0 Å². The maximum atomic E-state index is 12.2. The number of carbonyl (C=O) groups excluding carboxylic acids is 3. The van der Waals surface area contributed by atoms with Gasteiger partial charge in [0.2, 0.25) is 5.91 Å². The molecule has 108 valence electrons. The highest BCUT2D eigenvalue weighted by Gasteiger charge is 2.37. The van der Waals surface area contributed by atoms with Gasteiger partial charge in [-0.2, -0.15) is 12.6 Å². The van der Waals surface area contributed by atoms with E-state index in [2.05, 4.69) is 17.9 Å². The van der Waals surface area contributed by atoms with Gasteiger partial charge in [0.05, 0.1) is 6.04 Å². The van der Waals surface area contributed by atoms with Crippen LogP contribution in [-0.2, 0) is 19.1 Å². The van der Waals surface area contributed by atoms with Gasteiger partial charge >= 0.3 is 5.97 Å². The molecule has 7 nitrogen and oxygen atoms in total. The molecular formula is C11H19N3O4S. The first-order chi connectivity index (χ1) is 9.01. The average molecular weight is 289 g/mol. The summed E-state index contributed by atoms with van der Waals surface area (Å²) >= 11 is 4.09. The average Bonchev–Trinajstić information content (AvgIpc) is 2.86. The molecule has 2 atom stereocenters. The molecule has 1 saturated heterocycles. The molecule has 1 aliphatic heterocycles. The van der Waals surface area contributed by atoms with E-state index in [1.807, 2.05) is 0 Å². The molecule has 1 fully saturated rings. The molecule has 0 aromatic carbocycles. The molecule has 1 rings (SSSR count). The summed E-state index contributed by atoms with van der Waals surface area (Å²) in [6, 6.07) is -1.07. The predicted molar refractivity (Wildman–Crippen MR) is 71.6 cm³/mol. The first kappa shape index (κ1) is 15.8. The molecule has 1 aliphatic rings. The van der Waals surface area contributed by atoms with Crippen LogP contribution in [0.15, 0.2) is 0 Å². The number of hydrogen-bond donors (Lipinski definition) is 3. The Hall–Kier alpha value is -1.28. The number of rotatable bonds is 6. The van der Waals surface area contributed by atoms with E-state index >= 15 is 0 Å². The number of hydrogen-bond acceptors (Lipinski definition) is 6. The Balaban J connectivity index is 2.65. The number of carbonyl (C=O) groups is 3. The zero-order chi connectivity index (χ0) is 14.4. The topological polar surface area (TPSA) is 102 Å². The van der Waals surface area contributed by atoms with Crippen molar-refractivity contribution in [1.82, 2.24) is 10.2 Å². The summed E-state index contributed by atoms with van der Waals surface area (Å²) < 4.78 is 4.77. The van der Waals surface area contributed by atoms with Gasteiger partial charge in [0, 0.05) is 12.3 Å². The van der Waals surface area contributed by atoms with Gasteiger partial charge in [0.15, 0.2) is 6.61 Å². The van der Waals surface area contributed by atoms with Crippen LogP contribution in [0, 0.1) is 0 Å². The minimum atomic E-state index is -0.715. The summed E-state index contributed by atoms with van der Waals surface area (Å²) in [5.74, 6) is -1.14. The highest BCUT2D eigenvalue weighted by atomic mass is 32.1. The molecule has 0 bridgehead atoms. The summed E-state index contributed by atoms with van der Waals surface area (Å²) in [7, 11) is 1.66. The molecule has 0 spiro atoms. The van der Waals surface area contributed by atoms with Crippen molar-refractivity contribution in [3.05, 3.63) is 0 Å². The smallest absolute Gasteiger partial charge is 0.329 e. The third-order valence-electron chi connectivity index (χ3n) is 2.99. The van der Waals surface area contributed by atoms with Gasteiger partial charge in [0.1, 0.15) is 6.04 Å². The summed E-state index contributed by atoms with van der Waals surface area (Å²) in [6.45, 7) is 0.0422. The van der Waals surface area contributed by atoms with Crippen LogP contribution in [0.3, 0.4) is 0 Å². The van der Waals surface area contributed by atoms with Crippen molar-refractivity contribution in [3.63, 3.8) is 0 Å². The lowest BCUT2D eigenvalue weighted by atomic mass is 10.2. The minimum absolute atomic E-state index is 0.184. The highest BCUT2D eigenvalue weighted by Crippen LogP contribution is 2.19. The number of likely N-dealkylation sites (N-methyl/N-ethyl adjacent to an activating group) is 1. The molecule has 0 aromatic rings. The molecule has 8 heteroatoms. The number of thiol groups is 1. The van der Waals surface area contributed by atoms with E-state index in [9.17, 15) is 14.4 Å². The molecular weight excluding hydrogens is 270 g/mol. The number of nitrogens with zero attached hydrogens (tertiary/aromatic N) is 1. The van der Waals surface area contributed by atoms with E-state index in [1.165, 1.54) is 4.90 Å². The first-order valence-electron chi connectivity index (χ1n) is 6.04. The molecule has 0 radical (unpaired) electrons. The first-order valence-corrected chi connectivity index (χ1v) is 6.68. The highest BCUT2D eigenvalue weighted by molar-refractivity contribution is 7.80. The third kappa shape index (κ3) is 4.10. The Bertz CT molecular complexity index is 360. The van der Waals surface area contributed by atoms with Crippen LogP contribution < -0.4 is 11.1 Å². The normalized spacial score (nSPS) is 20.1. The van der Waals surface area contributed by atoms with Crippen molar-refractivity contribution < 1.29 is 19.1 Å². The molecule has 0 saturated carbocycles. The van der Waals surface area contributed by atoms with Crippen molar-refractivity contribution in [2.75, 3.05) is 26.0 Å². The van der Waals surface area contributed by atoms with E-state index < -0.39 is 30.6 Å². The monoisotopic (exact) mass is 289 g/mol. The van der Waals surface area contributed by atoms with Crippen molar-refractivity contribution in [3.8, 4) is 0 Å². The van der Waals surface area contributed by atoms with E-state index in [0.29, 0.717) is 18.7 Å². The molecule has 19 heavy (non-hydrogen) atoms. The lowest BCUT2D eigenvalue weighted by Gasteiger charge is -2.26. The van der Waals surface area contributed by atoms with Crippen LogP contribution in [0.1, 0.15) is 12.8 Å². The molecule has 0 aliphatic carbocycles. The number of nitrogens with one attached hydrogen (secondary N) is 1. The van der Waals surface area contributed by atoms with Crippen molar-refractivity contribution in [2.45, 2.75) is 24.9 Å². The van der Waals surface area contributed by atoms with E-state index in [0.717, 1.165) is 6.42 Å². The maximum absolute atomic E-state index is 12.2. The van der Waals surface area contributed by atoms with Crippen LogP contribution in [-0.4, -0.2) is 60.7 Å². The zero-order valence-electron chi connectivity index (χ0n) is 10.8. The Morgan fingerprint density at radius 1 is 1.53 bits per heavy atom. The summed E-state index contributed by atoms with van der Waals surface area (Å²) in [5, 5.41) is 2.84.